The van der Waals surface area contributed by atoms with E-state index in [0.29, 0.717) is 18.7 Å². The highest BCUT2D eigenvalue weighted by molar-refractivity contribution is 5.84. The van der Waals surface area contributed by atoms with E-state index in [1.807, 2.05) is 11.9 Å². The van der Waals surface area contributed by atoms with E-state index in [-0.39, 0.29) is 6.04 Å². The lowest BCUT2D eigenvalue weighted by Gasteiger charge is -2.31. The lowest BCUT2D eigenvalue weighted by Crippen LogP contribution is -2.45. The summed E-state index contributed by atoms with van der Waals surface area (Å²) < 4.78 is 0. The van der Waals surface area contributed by atoms with E-state index in [9.17, 15) is 9.90 Å². The predicted molar refractivity (Wildman–Crippen MR) is 60.8 cm³/mol. The van der Waals surface area contributed by atoms with Crippen LogP contribution in [-0.4, -0.2) is 41.0 Å². The minimum Gasteiger partial charge on any atom is -0.389 e. The number of ketones is 1. The number of carbonyl (C=O) groups is 1. The molecule has 15 heavy (non-hydrogen) atoms. The second kappa shape index (κ2) is 5.08. The Bertz CT molecular complexity index is 220. The van der Waals surface area contributed by atoms with Gasteiger partial charge in [0.15, 0.2) is 0 Å². The third-order valence-corrected chi connectivity index (χ3v) is 2.94. The number of hydrogen-bond donors (Lipinski definition) is 1. The van der Waals surface area contributed by atoms with Crippen LogP contribution >= 0.6 is 0 Å². The van der Waals surface area contributed by atoms with Gasteiger partial charge in [-0.2, -0.15) is 0 Å². The molecule has 1 saturated carbocycles. The summed E-state index contributed by atoms with van der Waals surface area (Å²) in [6.07, 6.45) is 4.99. The maximum atomic E-state index is 11.8. The third-order valence-electron chi connectivity index (χ3n) is 2.94. The molecular formula is C12H23NO2. The molecule has 88 valence electrons. The minimum atomic E-state index is -0.721. The SMILES string of the molecule is CN(CC(C)(C)O)C1CCCCCC1=O. The van der Waals surface area contributed by atoms with Gasteiger partial charge in [0.2, 0.25) is 0 Å². The summed E-state index contributed by atoms with van der Waals surface area (Å²) >= 11 is 0. The monoisotopic (exact) mass is 213 g/mol. The van der Waals surface area contributed by atoms with Crippen LogP contribution in [0.1, 0.15) is 46.0 Å². The highest BCUT2D eigenvalue weighted by atomic mass is 16.3. The van der Waals surface area contributed by atoms with Gasteiger partial charge in [0.1, 0.15) is 5.78 Å². The number of carbonyl (C=O) groups excluding carboxylic acids is 1. The topological polar surface area (TPSA) is 40.5 Å². The zero-order valence-electron chi connectivity index (χ0n) is 10.1. The fraction of sp³-hybridized carbons (Fsp3) is 0.917. The molecule has 1 aliphatic rings. The minimum absolute atomic E-state index is 0.0268. The average molecular weight is 213 g/mol. The third kappa shape index (κ3) is 4.31. The molecule has 0 aliphatic heterocycles. The van der Waals surface area contributed by atoms with Crippen LogP contribution in [0.2, 0.25) is 0 Å². The van der Waals surface area contributed by atoms with Crippen molar-refractivity contribution in [2.45, 2.75) is 57.6 Å². The van der Waals surface area contributed by atoms with Crippen molar-refractivity contribution in [3.05, 3.63) is 0 Å². The van der Waals surface area contributed by atoms with Gasteiger partial charge in [0.05, 0.1) is 11.6 Å². The predicted octanol–water partition coefficient (Wildman–Crippen LogP) is 1.59. The molecule has 0 amide bonds. The van der Waals surface area contributed by atoms with Crippen molar-refractivity contribution in [3.63, 3.8) is 0 Å². The van der Waals surface area contributed by atoms with E-state index in [1.54, 1.807) is 13.8 Å². The van der Waals surface area contributed by atoms with Crippen molar-refractivity contribution in [2.24, 2.45) is 0 Å². The van der Waals surface area contributed by atoms with Crippen LogP contribution < -0.4 is 0 Å². The van der Waals surface area contributed by atoms with Crippen LogP contribution in [-0.2, 0) is 4.79 Å². The normalized spacial score (nSPS) is 24.3. The van der Waals surface area contributed by atoms with E-state index in [1.165, 1.54) is 6.42 Å². The fourth-order valence-corrected chi connectivity index (χ4v) is 2.33. The first-order chi connectivity index (χ1) is 6.90. The van der Waals surface area contributed by atoms with E-state index < -0.39 is 5.60 Å². The Morgan fingerprint density at radius 3 is 2.67 bits per heavy atom. The van der Waals surface area contributed by atoms with Crippen molar-refractivity contribution in [3.8, 4) is 0 Å². The van der Waals surface area contributed by atoms with Crippen LogP contribution in [0.5, 0.6) is 0 Å². The van der Waals surface area contributed by atoms with E-state index in [2.05, 4.69) is 0 Å². The lowest BCUT2D eigenvalue weighted by atomic mass is 10.0. The maximum absolute atomic E-state index is 11.8. The first-order valence-corrected chi connectivity index (χ1v) is 5.85. The zero-order chi connectivity index (χ0) is 11.5. The van der Waals surface area contributed by atoms with Gasteiger partial charge in [-0.25, -0.2) is 0 Å². The van der Waals surface area contributed by atoms with Crippen molar-refractivity contribution >= 4 is 5.78 Å². The molecule has 0 aromatic heterocycles. The zero-order valence-corrected chi connectivity index (χ0v) is 10.1. The van der Waals surface area contributed by atoms with Crippen molar-refractivity contribution < 1.29 is 9.90 Å². The Balaban J connectivity index is 2.56. The van der Waals surface area contributed by atoms with Crippen LogP contribution in [0, 0.1) is 0 Å². The summed E-state index contributed by atoms with van der Waals surface area (Å²) in [4.78, 5) is 13.8. The highest BCUT2D eigenvalue weighted by Gasteiger charge is 2.27. The molecule has 0 radical (unpaired) electrons. The largest absolute Gasteiger partial charge is 0.389 e. The molecule has 0 heterocycles. The molecule has 3 heteroatoms. The van der Waals surface area contributed by atoms with Gasteiger partial charge < -0.3 is 5.11 Å². The Morgan fingerprint density at radius 2 is 2.07 bits per heavy atom. The summed E-state index contributed by atoms with van der Waals surface area (Å²) in [7, 11) is 1.94. The van der Waals surface area contributed by atoms with E-state index in [0.717, 1.165) is 19.3 Å². The summed E-state index contributed by atoms with van der Waals surface area (Å²) in [5.41, 5.74) is -0.721. The molecule has 0 bridgehead atoms. The molecular weight excluding hydrogens is 190 g/mol. The van der Waals surface area contributed by atoms with Gasteiger partial charge in [0, 0.05) is 13.0 Å². The molecule has 0 spiro atoms. The molecule has 0 aromatic carbocycles. The van der Waals surface area contributed by atoms with Crippen LogP contribution in [0.3, 0.4) is 0 Å². The van der Waals surface area contributed by atoms with Crippen molar-refractivity contribution in [1.29, 1.82) is 0 Å². The summed E-state index contributed by atoms with van der Waals surface area (Å²) in [5.74, 6) is 0.347. The number of hydrogen-bond acceptors (Lipinski definition) is 3. The summed E-state index contributed by atoms with van der Waals surface area (Å²) in [6, 6.07) is 0.0268. The first kappa shape index (κ1) is 12.7. The summed E-state index contributed by atoms with van der Waals surface area (Å²) in [5, 5.41) is 9.72. The fourth-order valence-electron chi connectivity index (χ4n) is 2.33. The number of rotatable bonds is 3. The quantitative estimate of drug-likeness (QED) is 0.724. The van der Waals surface area contributed by atoms with Gasteiger partial charge in [-0.1, -0.05) is 12.8 Å². The molecule has 1 rings (SSSR count). The van der Waals surface area contributed by atoms with Gasteiger partial charge in [-0.05, 0) is 33.7 Å². The van der Waals surface area contributed by atoms with Gasteiger partial charge in [-0.3, -0.25) is 9.69 Å². The Labute approximate surface area is 92.5 Å². The molecule has 0 saturated heterocycles. The van der Waals surface area contributed by atoms with Crippen molar-refractivity contribution in [2.75, 3.05) is 13.6 Å². The molecule has 1 fully saturated rings. The number of nitrogens with zero attached hydrogens (tertiary/aromatic N) is 1. The van der Waals surface area contributed by atoms with Gasteiger partial charge in [-0.15, -0.1) is 0 Å². The van der Waals surface area contributed by atoms with Crippen LogP contribution in [0.15, 0.2) is 0 Å². The average Bonchev–Trinajstić information content (AvgIpc) is 2.26. The van der Waals surface area contributed by atoms with Crippen LogP contribution in [0.4, 0.5) is 0 Å². The number of likely N-dealkylation sites (N-methyl/N-ethyl adjacent to an activating group) is 1. The lowest BCUT2D eigenvalue weighted by molar-refractivity contribution is -0.124. The molecule has 1 aliphatic carbocycles. The summed E-state index contributed by atoms with van der Waals surface area (Å²) in [6.45, 7) is 4.12. The second-order valence-corrected chi connectivity index (χ2v) is 5.31. The molecule has 1 unspecified atom stereocenters. The first-order valence-electron chi connectivity index (χ1n) is 5.85. The van der Waals surface area contributed by atoms with Gasteiger partial charge >= 0.3 is 0 Å². The molecule has 3 nitrogen and oxygen atoms in total. The van der Waals surface area contributed by atoms with E-state index >= 15 is 0 Å². The smallest absolute Gasteiger partial charge is 0.149 e. The molecule has 1 N–H and O–H groups in total. The molecule has 1 atom stereocenters. The maximum Gasteiger partial charge on any atom is 0.149 e. The van der Waals surface area contributed by atoms with Crippen molar-refractivity contribution in [1.82, 2.24) is 4.90 Å². The Kier molecular flexibility index (Phi) is 4.29. The standard InChI is InChI=1S/C12H23NO2/c1-12(2,15)9-13(3)10-7-5-4-6-8-11(10)14/h10,15H,4-9H2,1-3H3. The number of aliphatic hydroxyl groups is 1. The second-order valence-electron chi connectivity index (χ2n) is 5.31. The van der Waals surface area contributed by atoms with Crippen LogP contribution in [0.25, 0.3) is 0 Å². The Morgan fingerprint density at radius 1 is 1.40 bits per heavy atom. The Hall–Kier alpha value is -0.410. The molecule has 0 aromatic rings. The highest BCUT2D eigenvalue weighted by Crippen LogP contribution is 2.19. The number of Topliss-reactive ketones (excluding diaryl/α,β-unsaturated/α-hetero) is 1. The van der Waals surface area contributed by atoms with E-state index in [4.69, 9.17) is 0 Å². The van der Waals surface area contributed by atoms with Gasteiger partial charge in [0.25, 0.3) is 0 Å².